The number of benzene rings is 1. The number of carbonyl (C=O) groups excluding carboxylic acids is 2. The molecule has 156 valence electrons. The van der Waals surface area contributed by atoms with E-state index in [1.165, 1.54) is 5.56 Å². The maximum atomic E-state index is 12.3. The van der Waals surface area contributed by atoms with Gasteiger partial charge in [-0.05, 0) is 47.1 Å². The topological polar surface area (TPSA) is 73.9 Å². The van der Waals surface area contributed by atoms with Crippen molar-refractivity contribution >= 4 is 23.2 Å². The van der Waals surface area contributed by atoms with Crippen LogP contribution in [-0.4, -0.2) is 68.5 Å². The minimum atomic E-state index is -0.622. The van der Waals surface area contributed by atoms with Gasteiger partial charge in [-0.3, -0.25) is 14.5 Å². The maximum absolute atomic E-state index is 12.3. The van der Waals surface area contributed by atoms with Crippen LogP contribution in [0.15, 0.2) is 41.1 Å². The van der Waals surface area contributed by atoms with Crippen molar-refractivity contribution in [2.45, 2.75) is 12.6 Å². The second-order valence-corrected chi connectivity index (χ2v) is 7.93. The molecule has 2 amide bonds. The first kappa shape index (κ1) is 21.3. The van der Waals surface area contributed by atoms with Crippen molar-refractivity contribution in [3.05, 3.63) is 52.2 Å². The first-order chi connectivity index (χ1) is 14.1. The van der Waals surface area contributed by atoms with Crippen LogP contribution in [-0.2, 0) is 16.1 Å². The predicted molar refractivity (Wildman–Crippen MR) is 114 cm³/mol. The minimum absolute atomic E-state index is 0.0771. The number of thiophene rings is 1. The fourth-order valence-corrected chi connectivity index (χ4v) is 4.04. The fourth-order valence-electron chi connectivity index (χ4n) is 3.33. The number of carbonyl (C=O) groups is 2. The molecule has 0 saturated carbocycles. The molecule has 7 nitrogen and oxygen atoms in total. The van der Waals surface area contributed by atoms with Gasteiger partial charge in [0.2, 0.25) is 0 Å². The number of piperazine rings is 1. The zero-order valence-electron chi connectivity index (χ0n) is 16.9. The maximum Gasteiger partial charge on any atom is 0.309 e. The number of likely N-dealkylation sites (N-methyl/N-ethyl adjacent to an activating group) is 1. The van der Waals surface area contributed by atoms with Crippen LogP contribution >= 0.6 is 11.3 Å². The number of amides is 2. The van der Waals surface area contributed by atoms with Crippen molar-refractivity contribution in [1.82, 2.24) is 20.4 Å². The second kappa shape index (κ2) is 10.4. The molecular weight excluding hydrogens is 388 g/mol. The summed E-state index contributed by atoms with van der Waals surface area (Å²) in [5.41, 5.74) is 2.08. The van der Waals surface area contributed by atoms with Crippen LogP contribution in [0.4, 0.5) is 0 Å². The van der Waals surface area contributed by atoms with Gasteiger partial charge in [0.05, 0.1) is 13.2 Å². The van der Waals surface area contributed by atoms with Crippen molar-refractivity contribution in [3.8, 4) is 5.75 Å². The van der Waals surface area contributed by atoms with Crippen LogP contribution in [0.5, 0.6) is 5.75 Å². The molecule has 1 atom stereocenters. The fraction of sp³-hybridized carbons (Fsp3) is 0.429. The molecule has 29 heavy (non-hydrogen) atoms. The van der Waals surface area contributed by atoms with Gasteiger partial charge >= 0.3 is 11.8 Å². The Morgan fingerprint density at radius 1 is 1.07 bits per heavy atom. The Kier molecular flexibility index (Phi) is 7.62. The molecule has 2 N–H and O–H groups in total. The van der Waals surface area contributed by atoms with E-state index in [2.05, 4.69) is 38.9 Å². The van der Waals surface area contributed by atoms with E-state index in [-0.39, 0.29) is 6.04 Å². The van der Waals surface area contributed by atoms with Crippen LogP contribution in [0.3, 0.4) is 0 Å². The Morgan fingerprint density at radius 3 is 2.38 bits per heavy atom. The van der Waals surface area contributed by atoms with Crippen molar-refractivity contribution in [2.24, 2.45) is 0 Å². The highest BCUT2D eigenvalue weighted by atomic mass is 32.1. The molecule has 1 fully saturated rings. The number of nitrogens with one attached hydrogen (secondary N) is 2. The first-order valence-corrected chi connectivity index (χ1v) is 10.6. The van der Waals surface area contributed by atoms with E-state index in [4.69, 9.17) is 4.74 Å². The van der Waals surface area contributed by atoms with Crippen LogP contribution in [0.1, 0.15) is 17.2 Å². The van der Waals surface area contributed by atoms with E-state index in [0.29, 0.717) is 13.1 Å². The van der Waals surface area contributed by atoms with Crippen molar-refractivity contribution < 1.29 is 14.3 Å². The Balaban J connectivity index is 1.51. The summed E-state index contributed by atoms with van der Waals surface area (Å²) in [5.74, 6) is -0.475. The van der Waals surface area contributed by atoms with E-state index in [9.17, 15) is 9.59 Å². The Bertz CT molecular complexity index is 787. The number of nitrogens with zero attached hydrogens (tertiary/aromatic N) is 2. The summed E-state index contributed by atoms with van der Waals surface area (Å²) in [5, 5.41) is 9.64. The second-order valence-electron chi connectivity index (χ2n) is 7.15. The molecule has 2 heterocycles. The van der Waals surface area contributed by atoms with Gasteiger partial charge in [-0.1, -0.05) is 12.1 Å². The van der Waals surface area contributed by atoms with Gasteiger partial charge < -0.3 is 20.3 Å². The highest BCUT2D eigenvalue weighted by Gasteiger charge is 2.25. The molecular formula is C21H28N4O3S. The van der Waals surface area contributed by atoms with Crippen LogP contribution in [0, 0.1) is 0 Å². The number of hydrogen-bond acceptors (Lipinski definition) is 6. The lowest BCUT2D eigenvalue weighted by molar-refractivity contribution is -0.139. The van der Waals surface area contributed by atoms with E-state index >= 15 is 0 Å². The molecule has 0 bridgehead atoms. The lowest BCUT2D eigenvalue weighted by atomic mass is 10.1. The average molecular weight is 417 g/mol. The summed E-state index contributed by atoms with van der Waals surface area (Å²) < 4.78 is 5.12. The first-order valence-electron chi connectivity index (χ1n) is 9.70. The van der Waals surface area contributed by atoms with Crippen LogP contribution in [0.2, 0.25) is 0 Å². The summed E-state index contributed by atoms with van der Waals surface area (Å²) >= 11 is 1.64. The molecule has 1 aromatic carbocycles. The SMILES string of the molecule is COc1ccc(CNC(=O)C(=O)NC[C@H](c2ccsc2)N2CCN(C)CC2)cc1. The molecule has 1 aliphatic rings. The lowest BCUT2D eigenvalue weighted by Gasteiger charge is -2.37. The van der Waals surface area contributed by atoms with Crippen LogP contribution in [0.25, 0.3) is 0 Å². The Labute approximate surface area is 175 Å². The standard InChI is InChI=1S/C21H28N4O3S/c1-24-8-10-25(11-9-24)19(17-7-12-29-15-17)14-23-21(27)20(26)22-13-16-3-5-18(28-2)6-4-16/h3-7,12,15,19H,8-11,13-14H2,1-2H3,(H,22,26)(H,23,27)/t19-/m1/s1. The van der Waals surface area contributed by atoms with E-state index < -0.39 is 11.8 Å². The van der Waals surface area contributed by atoms with Crippen molar-refractivity contribution in [3.63, 3.8) is 0 Å². The molecule has 1 saturated heterocycles. The monoisotopic (exact) mass is 416 g/mol. The third-order valence-electron chi connectivity index (χ3n) is 5.18. The molecule has 0 aliphatic carbocycles. The van der Waals surface area contributed by atoms with Gasteiger partial charge in [-0.2, -0.15) is 11.3 Å². The van der Waals surface area contributed by atoms with Gasteiger partial charge in [0.1, 0.15) is 5.75 Å². The molecule has 8 heteroatoms. The van der Waals surface area contributed by atoms with E-state index in [1.807, 2.05) is 29.6 Å². The normalized spacial score (nSPS) is 16.2. The largest absolute Gasteiger partial charge is 0.497 e. The highest BCUT2D eigenvalue weighted by Crippen LogP contribution is 2.23. The molecule has 0 unspecified atom stereocenters. The van der Waals surface area contributed by atoms with Gasteiger partial charge in [-0.25, -0.2) is 0 Å². The molecule has 1 aliphatic heterocycles. The zero-order valence-corrected chi connectivity index (χ0v) is 17.7. The number of ether oxygens (including phenoxy) is 1. The zero-order chi connectivity index (χ0) is 20.6. The molecule has 1 aromatic heterocycles. The quantitative estimate of drug-likeness (QED) is 0.669. The van der Waals surface area contributed by atoms with Gasteiger partial charge in [0.15, 0.2) is 0 Å². The lowest BCUT2D eigenvalue weighted by Crippen LogP contribution is -2.49. The summed E-state index contributed by atoms with van der Waals surface area (Å²) in [7, 11) is 3.72. The summed E-state index contributed by atoms with van der Waals surface area (Å²) in [6.45, 7) is 4.58. The summed E-state index contributed by atoms with van der Waals surface area (Å²) in [6, 6.07) is 9.53. The van der Waals surface area contributed by atoms with E-state index in [1.54, 1.807) is 18.4 Å². The summed E-state index contributed by atoms with van der Waals surface area (Å²) in [6.07, 6.45) is 0. The highest BCUT2D eigenvalue weighted by molar-refractivity contribution is 7.08. The smallest absolute Gasteiger partial charge is 0.309 e. The third-order valence-corrected chi connectivity index (χ3v) is 5.88. The van der Waals surface area contributed by atoms with Crippen LogP contribution < -0.4 is 15.4 Å². The average Bonchev–Trinajstić information content (AvgIpc) is 3.28. The molecule has 0 radical (unpaired) electrons. The number of rotatable bonds is 7. The van der Waals surface area contributed by atoms with Crippen molar-refractivity contribution in [2.75, 3.05) is 46.9 Å². The number of methoxy groups -OCH3 is 1. The van der Waals surface area contributed by atoms with Crippen molar-refractivity contribution in [1.29, 1.82) is 0 Å². The summed E-state index contributed by atoms with van der Waals surface area (Å²) in [4.78, 5) is 29.2. The molecule has 0 spiro atoms. The molecule has 3 rings (SSSR count). The number of hydrogen-bond donors (Lipinski definition) is 2. The van der Waals surface area contributed by atoms with Gasteiger partial charge in [-0.15, -0.1) is 0 Å². The van der Waals surface area contributed by atoms with Gasteiger partial charge in [0, 0.05) is 39.3 Å². The Hall–Kier alpha value is -2.42. The molecule has 2 aromatic rings. The van der Waals surface area contributed by atoms with E-state index in [0.717, 1.165) is 37.5 Å². The Morgan fingerprint density at radius 2 is 1.76 bits per heavy atom. The predicted octanol–water partition coefficient (Wildman–Crippen LogP) is 1.48. The van der Waals surface area contributed by atoms with Gasteiger partial charge in [0.25, 0.3) is 0 Å². The third kappa shape index (κ3) is 6.03. The minimum Gasteiger partial charge on any atom is -0.497 e.